The van der Waals surface area contributed by atoms with Gasteiger partial charge in [-0.05, 0) is 43.7 Å². The second-order valence-corrected chi connectivity index (χ2v) is 4.82. The number of hydrogen-bond acceptors (Lipinski definition) is 2. The summed E-state index contributed by atoms with van der Waals surface area (Å²) in [5.41, 5.74) is 2.57. The zero-order valence-corrected chi connectivity index (χ0v) is 11.8. The number of ether oxygens (including phenoxy) is 1. The van der Waals surface area contributed by atoms with E-state index >= 15 is 0 Å². The lowest BCUT2D eigenvalue weighted by Crippen LogP contribution is -2.06. The minimum atomic E-state index is -0.710. The molecule has 2 nitrogen and oxygen atoms in total. The highest BCUT2D eigenvalue weighted by atomic mass is 19.1. The van der Waals surface area contributed by atoms with Gasteiger partial charge in [0.25, 0.3) is 0 Å². The molecular weight excluding hydrogens is 255 g/mol. The number of aliphatic hydroxyl groups is 1. The SMILES string of the molecule is CCOc1ccc(C)cc1C(O)Cc1cccc(F)c1. The number of benzene rings is 2. The molecule has 0 saturated carbocycles. The van der Waals surface area contributed by atoms with E-state index in [-0.39, 0.29) is 5.82 Å². The summed E-state index contributed by atoms with van der Waals surface area (Å²) in [6, 6.07) is 12.0. The van der Waals surface area contributed by atoms with Crippen LogP contribution in [0.5, 0.6) is 5.75 Å². The van der Waals surface area contributed by atoms with Crippen LogP contribution in [0.1, 0.15) is 29.7 Å². The average molecular weight is 274 g/mol. The van der Waals surface area contributed by atoms with Gasteiger partial charge in [-0.3, -0.25) is 0 Å². The average Bonchev–Trinajstić information content (AvgIpc) is 2.41. The first-order valence-electron chi connectivity index (χ1n) is 6.76. The summed E-state index contributed by atoms with van der Waals surface area (Å²) < 4.78 is 18.7. The van der Waals surface area contributed by atoms with Crippen LogP contribution in [0, 0.1) is 12.7 Å². The summed E-state index contributed by atoms with van der Waals surface area (Å²) in [4.78, 5) is 0. The van der Waals surface area contributed by atoms with Gasteiger partial charge in [0.15, 0.2) is 0 Å². The maximum atomic E-state index is 13.2. The number of aliphatic hydroxyl groups excluding tert-OH is 1. The standard InChI is InChI=1S/C17H19FO2/c1-3-20-17-8-7-12(2)9-15(17)16(19)11-13-5-4-6-14(18)10-13/h4-10,16,19H,3,11H2,1-2H3. The van der Waals surface area contributed by atoms with Gasteiger partial charge in [-0.25, -0.2) is 4.39 Å². The first-order valence-corrected chi connectivity index (χ1v) is 6.76. The van der Waals surface area contributed by atoms with E-state index in [2.05, 4.69) is 0 Å². The minimum absolute atomic E-state index is 0.288. The smallest absolute Gasteiger partial charge is 0.125 e. The Balaban J connectivity index is 2.23. The molecule has 1 N–H and O–H groups in total. The molecule has 0 spiro atoms. The Kier molecular flexibility index (Phi) is 4.74. The van der Waals surface area contributed by atoms with E-state index in [1.54, 1.807) is 6.07 Å². The van der Waals surface area contributed by atoms with Crippen LogP contribution in [0.4, 0.5) is 4.39 Å². The Morgan fingerprint density at radius 3 is 2.70 bits per heavy atom. The summed E-state index contributed by atoms with van der Waals surface area (Å²) in [5.74, 6) is 0.394. The molecule has 1 atom stereocenters. The van der Waals surface area contributed by atoms with E-state index in [1.165, 1.54) is 12.1 Å². The fourth-order valence-corrected chi connectivity index (χ4v) is 2.21. The second kappa shape index (κ2) is 6.53. The van der Waals surface area contributed by atoms with Crippen molar-refractivity contribution in [3.05, 3.63) is 65.0 Å². The lowest BCUT2D eigenvalue weighted by molar-refractivity contribution is 0.172. The van der Waals surface area contributed by atoms with E-state index in [0.29, 0.717) is 18.8 Å². The fourth-order valence-electron chi connectivity index (χ4n) is 2.21. The van der Waals surface area contributed by atoms with E-state index in [0.717, 1.165) is 16.7 Å². The van der Waals surface area contributed by atoms with E-state index in [9.17, 15) is 9.50 Å². The van der Waals surface area contributed by atoms with Crippen LogP contribution in [-0.2, 0) is 6.42 Å². The van der Waals surface area contributed by atoms with Gasteiger partial charge in [0.2, 0.25) is 0 Å². The van der Waals surface area contributed by atoms with Gasteiger partial charge < -0.3 is 9.84 Å². The van der Waals surface area contributed by atoms with Crippen molar-refractivity contribution in [1.29, 1.82) is 0 Å². The summed E-state index contributed by atoms with van der Waals surface area (Å²) in [5, 5.41) is 10.4. The van der Waals surface area contributed by atoms with Crippen LogP contribution in [0.15, 0.2) is 42.5 Å². The summed E-state index contributed by atoms with van der Waals surface area (Å²) in [6.45, 7) is 4.42. The minimum Gasteiger partial charge on any atom is -0.493 e. The van der Waals surface area contributed by atoms with Crippen molar-refractivity contribution in [2.24, 2.45) is 0 Å². The molecular formula is C17H19FO2. The van der Waals surface area contributed by atoms with Gasteiger partial charge >= 0.3 is 0 Å². The van der Waals surface area contributed by atoms with Crippen LogP contribution in [-0.4, -0.2) is 11.7 Å². The normalized spacial score (nSPS) is 12.2. The molecule has 2 rings (SSSR count). The van der Waals surface area contributed by atoms with Crippen LogP contribution in [0.25, 0.3) is 0 Å². The predicted octanol–water partition coefficient (Wildman–Crippen LogP) is 3.81. The number of halogens is 1. The number of hydrogen-bond donors (Lipinski definition) is 1. The number of rotatable bonds is 5. The first kappa shape index (κ1) is 14.5. The largest absolute Gasteiger partial charge is 0.493 e. The Hall–Kier alpha value is -1.87. The Morgan fingerprint density at radius 2 is 2.00 bits per heavy atom. The maximum Gasteiger partial charge on any atom is 0.125 e. The zero-order valence-electron chi connectivity index (χ0n) is 11.8. The molecule has 0 saturated heterocycles. The lowest BCUT2D eigenvalue weighted by atomic mass is 9.99. The van der Waals surface area contributed by atoms with Gasteiger partial charge in [-0.1, -0.05) is 23.8 Å². The molecule has 106 valence electrons. The Bertz CT molecular complexity index is 581. The molecule has 3 heteroatoms. The van der Waals surface area contributed by atoms with E-state index in [4.69, 9.17) is 4.74 Å². The second-order valence-electron chi connectivity index (χ2n) is 4.82. The quantitative estimate of drug-likeness (QED) is 0.898. The van der Waals surface area contributed by atoms with Crippen molar-refractivity contribution >= 4 is 0 Å². The monoisotopic (exact) mass is 274 g/mol. The van der Waals surface area contributed by atoms with E-state index < -0.39 is 6.10 Å². The fraction of sp³-hybridized carbons (Fsp3) is 0.294. The molecule has 0 heterocycles. The highest BCUT2D eigenvalue weighted by molar-refractivity contribution is 5.39. The van der Waals surface area contributed by atoms with Crippen LogP contribution < -0.4 is 4.74 Å². The van der Waals surface area contributed by atoms with Crippen molar-refractivity contribution < 1.29 is 14.2 Å². The Morgan fingerprint density at radius 1 is 1.20 bits per heavy atom. The molecule has 20 heavy (non-hydrogen) atoms. The van der Waals surface area contributed by atoms with Crippen LogP contribution in [0.3, 0.4) is 0 Å². The Labute approximate surface area is 118 Å². The maximum absolute atomic E-state index is 13.2. The summed E-state index contributed by atoms with van der Waals surface area (Å²) in [7, 11) is 0. The lowest BCUT2D eigenvalue weighted by Gasteiger charge is -2.16. The predicted molar refractivity (Wildman–Crippen MR) is 77.4 cm³/mol. The molecule has 0 aliphatic heterocycles. The van der Waals surface area contributed by atoms with Crippen molar-refractivity contribution in [3.8, 4) is 5.75 Å². The van der Waals surface area contributed by atoms with Crippen molar-refractivity contribution in [2.75, 3.05) is 6.61 Å². The third-order valence-electron chi connectivity index (χ3n) is 3.14. The molecule has 0 fully saturated rings. The molecule has 2 aromatic rings. The van der Waals surface area contributed by atoms with Gasteiger partial charge in [0.1, 0.15) is 11.6 Å². The molecule has 0 radical (unpaired) electrons. The molecule has 0 bridgehead atoms. The molecule has 2 aromatic carbocycles. The van der Waals surface area contributed by atoms with Gasteiger partial charge in [0, 0.05) is 12.0 Å². The van der Waals surface area contributed by atoms with Gasteiger partial charge in [-0.2, -0.15) is 0 Å². The topological polar surface area (TPSA) is 29.5 Å². The molecule has 0 amide bonds. The summed E-state index contributed by atoms with van der Waals surface area (Å²) >= 11 is 0. The molecule has 0 aliphatic rings. The van der Waals surface area contributed by atoms with Gasteiger partial charge in [-0.15, -0.1) is 0 Å². The molecule has 0 aromatic heterocycles. The number of aryl methyl sites for hydroxylation is 1. The van der Waals surface area contributed by atoms with Crippen molar-refractivity contribution in [1.82, 2.24) is 0 Å². The first-order chi connectivity index (χ1) is 9.60. The molecule has 1 unspecified atom stereocenters. The highest BCUT2D eigenvalue weighted by Crippen LogP contribution is 2.29. The molecule has 0 aliphatic carbocycles. The third-order valence-corrected chi connectivity index (χ3v) is 3.14. The highest BCUT2D eigenvalue weighted by Gasteiger charge is 2.14. The summed E-state index contributed by atoms with van der Waals surface area (Å²) in [6.07, 6.45) is -0.348. The van der Waals surface area contributed by atoms with Crippen molar-refractivity contribution in [2.45, 2.75) is 26.4 Å². The van der Waals surface area contributed by atoms with Crippen LogP contribution in [0.2, 0.25) is 0 Å². The van der Waals surface area contributed by atoms with Crippen molar-refractivity contribution in [3.63, 3.8) is 0 Å². The third kappa shape index (κ3) is 3.58. The van der Waals surface area contributed by atoms with Crippen LogP contribution >= 0.6 is 0 Å². The van der Waals surface area contributed by atoms with Gasteiger partial charge in [0.05, 0.1) is 12.7 Å². The zero-order chi connectivity index (χ0) is 14.5. The van der Waals surface area contributed by atoms with E-state index in [1.807, 2.05) is 38.1 Å².